The lowest BCUT2D eigenvalue weighted by molar-refractivity contribution is 0.0929. The Hall–Kier alpha value is -0.150. The fourth-order valence-electron chi connectivity index (χ4n) is 0.453. The van der Waals surface area contributed by atoms with Crippen LogP contribution in [0.4, 0.5) is 4.39 Å². The molecule has 0 saturated carbocycles. The first-order valence-electron chi connectivity index (χ1n) is 3.21. The topological polar surface area (TPSA) is 32.3 Å². The summed E-state index contributed by atoms with van der Waals surface area (Å²) in [4.78, 5) is 0. The molecule has 0 amide bonds. The molecule has 0 heterocycles. The van der Waals surface area contributed by atoms with Crippen molar-refractivity contribution in [3.05, 3.63) is 0 Å². The van der Waals surface area contributed by atoms with E-state index in [2.05, 4.69) is 5.32 Å². The van der Waals surface area contributed by atoms with Crippen LogP contribution in [0.15, 0.2) is 0 Å². The van der Waals surface area contributed by atoms with Crippen molar-refractivity contribution in [1.29, 1.82) is 0 Å². The van der Waals surface area contributed by atoms with Crippen LogP contribution in [0.3, 0.4) is 0 Å². The quantitative estimate of drug-likeness (QED) is 0.581. The van der Waals surface area contributed by atoms with Gasteiger partial charge in [-0.3, -0.25) is 0 Å². The highest BCUT2D eigenvalue weighted by molar-refractivity contribution is 4.64. The van der Waals surface area contributed by atoms with Crippen molar-refractivity contribution >= 4 is 0 Å². The number of halogens is 1. The molecule has 0 rings (SSSR count). The van der Waals surface area contributed by atoms with E-state index in [-0.39, 0.29) is 6.54 Å². The lowest BCUT2D eigenvalue weighted by Gasteiger charge is -2.10. The minimum atomic E-state index is -1.13. The fraction of sp³-hybridized carbons (Fsp3) is 1.00. The Morgan fingerprint density at radius 3 is 2.56 bits per heavy atom. The second kappa shape index (κ2) is 4.70. The number of rotatable bonds is 4. The highest BCUT2D eigenvalue weighted by Gasteiger charge is 2.10. The van der Waals surface area contributed by atoms with E-state index < -0.39 is 12.3 Å². The zero-order valence-corrected chi connectivity index (χ0v) is 5.89. The van der Waals surface area contributed by atoms with E-state index in [1.165, 1.54) is 6.92 Å². The summed E-state index contributed by atoms with van der Waals surface area (Å²) >= 11 is 0. The summed E-state index contributed by atoms with van der Waals surface area (Å²) in [5.74, 6) is 0. The molecule has 0 aliphatic rings. The monoisotopic (exact) mass is 135 g/mol. The van der Waals surface area contributed by atoms with Gasteiger partial charge in [-0.2, -0.15) is 0 Å². The maximum Gasteiger partial charge on any atom is 0.138 e. The molecule has 0 radical (unpaired) electrons. The van der Waals surface area contributed by atoms with Crippen LogP contribution >= 0.6 is 0 Å². The van der Waals surface area contributed by atoms with E-state index in [4.69, 9.17) is 5.11 Å². The fourth-order valence-corrected chi connectivity index (χ4v) is 0.453. The highest BCUT2D eigenvalue weighted by atomic mass is 19.1. The maximum atomic E-state index is 12.4. The second-order valence-corrected chi connectivity index (χ2v) is 2.06. The van der Waals surface area contributed by atoms with Crippen molar-refractivity contribution in [3.8, 4) is 0 Å². The molecular formula is C6H14FNO. The van der Waals surface area contributed by atoms with Gasteiger partial charge in [0.05, 0.1) is 6.10 Å². The van der Waals surface area contributed by atoms with E-state index >= 15 is 0 Å². The minimum Gasteiger partial charge on any atom is -0.390 e. The van der Waals surface area contributed by atoms with Gasteiger partial charge in [0.25, 0.3) is 0 Å². The molecule has 0 aromatic rings. The predicted molar refractivity (Wildman–Crippen MR) is 35.1 cm³/mol. The average Bonchev–Trinajstić information content (AvgIpc) is 1.82. The third-order valence-electron chi connectivity index (χ3n) is 1.11. The molecule has 9 heavy (non-hydrogen) atoms. The van der Waals surface area contributed by atoms with Gasteiger partial charge in [0, 0.05) is 6.54 Å². The molecule has 0 spiro atoms. The van der Waals surface area contributed by atoms with Crippen LogP contribution < -0.4 is 5.32 Å². The number of alkyl halides is 1. The second-order valence-electron chi connectivity index (χ2n) is 2.06. The summed E-state index contributed by atoms with van der Waals surface area (Å²) in [6, 6.07) is 0. The number of hydrogen-bond acceptors (Lipinski definition) is 2. The van der Waals surface area contributed by atoms with Gasteiger partial charge in [0.2, 0.25) is 0 Å². The van der Waals surface area contributed by atoms with Crippen LogP contribution in [0, 0.1) is 0 Å². The van der Waals surface area contributed by atoms with E-state index in [9.17, 15) is 4.39 Å². The largest absolute Gasteiger partial charge is 0.390 e. The lowest BCUT2D eigenvalue weighted by atomic mass is 10.2. The van der Waals surface area contributed by atoms with Crippen LogP contribution in [-0.2, 0) is 0 Å². The van der Waals surface area contributed by atoms with Crippen molar-refractivity contribution < 1.29 is 9.50 Å². The van der Waals surface area contributed by atoms with Gasteiger partial charge < -0.3 is 10.4 Å². The van der Waals surface area contributed by atoms with Crippen LogP contribution in [0.1, 0.15) is 13.8 Å². The van der Waals surface area contributed by atoms with Crippen molar-refractivity contribution in [3.63, 3.8) is 0 Å². The van der Waals surface area contributed by atoms with E-state index in [0.717, 1.165) is 6.54 Å². The Balaban J connectivity index is 3.16. The Morgan fingerprint density at radius 2 is 2.22 bits per heavy atom. The van der Waals surface area contributed by atoms with Crippen molar-refractivity contribution in [1.82, 2.24) is 5.32 Å². The molecule has 0 aromatic carbocycles. The molecule has 0 aromatic heterocycles. The first-order chi connectivity index (χ1) is 4.18. The van der Waals surface area contributed by atoms with Gasteiger partial charge in [0.1, 0.15) is 6.17 Å². The Labute approximate surface area is 55.1 Å². The smallest absolute Gasteiger partial charge is 0.138 e. The third-order valence-corrected chi connectivity index (χ3v) is 1.11. The normalized spacial score (nSPS) is 17.3. The van der Waals surface area contributed by atoms with Gasteiger partial charge in [-0.15, -0.1) is 0 Å². The molecule has 0 saturated heterocycles. The van der Waals surface area contributed by atoms with Crippen LogP contribution in [0.2, 0.25) is 0 Å². The summed E-state index contributed by atoms with van der Waals surface area (Å²) in [5, 5.41) is 11.4. The highest BCUT2D eigenvalue weighted by Crippen LogP contribution is 1.94. The summed E-state index contributed by atoms with van der Waals surface area (Å²) in [5.41, 5.74) is 0. The molecule has 0 bridgehead atoms. The number of nitrogens with one attached hydrogen (secondary N) is 1. The SMILES string of the molecule is CCNCC(F)[C@@H](C)O. The molecule has 2 atom stereocenters. The molecule has 2 N–H and O–H groups in total. The number of aliphatic hydroxyl groups is 1. The molecule has 2 nitrogen and oxygen atoms in total. The van der Waals surface area contributed by atoms with Crippen LogP contribution in [0.25, 0.3) is 0 Å². The van der Waals surface area contributed by atoms with Gasteiger partial charge in [-0.05, 0) is 13.5 Å². The van der Waals surface area contributed by atoms with E-state index in [0.29, 0.717) is 0 Å². The van der Waals surface area contributed by atoms with E-state index in [1.54, 1.807) is 0 Å². The third kappa shape index (κ3) is 4.36. The molecule has 1 unspecified atom stereocenters. The zero-order chi connectivity index (χ0) is 7.28. The Kier molecular flexibility index (Phi) is 4.62. The molecule has 56 valence electrons. The molecule has 0 aliphatic carbocycles. The molecule has 0 aliphatic heterocycles. The standard InChI is InChI=1S/C6H14FNO/c1-3-8-4-6(7)5(2)9/h5-6,8-9H,3-4H2,1-2H3/t5-,6?/m1/s1. The Bertz CT molecular complexity index is 68.1. The molecule has 3 heteroatoms. The molecule has 0 fully saturated rings. The van der Waals surface area contributed by atoms with Crippen molar-refractivity contribution in [2.45, 2.75) is 26.1 Å². The van der Waals surface area contributed by atoms with E-state index in [1.807, 2.05) is 6.92 Å². The summed E-state index contributed by atoms with van der Waals surface area (Å²) < 4.78 is 12.4. The summed E-state index contributed by atoms with van der Waals surface area (Å²) in [7, 11) is 0. The summed E-state index contributed by atoms with van der Waals surface area (Å²) in [6.07, 6.45) is -1.99. The number of hydrogen-bond donors (Lipinski definition) is 2. The maximum absolute atomic E-state index is 12.4. The van der Waals surface area contributed by atoms with Crippen molar-refractivity contribution in [2.75, 3.05) is 13.1 Å². The first-order valence-corrected chi connectivity index (χ1v) is 3.21. The van der Waals surface area contributed by atoms with Crippen LogP contribution in [0.5, 0.6) is 0 Å². The molecular weight excluding hydrogens is 121 g/mol. The lowest BCUT2D eigenvalue weighted by Crippen LogP contribution is -2.31. The zero-order valence-electron chi connectivity index (χ0n) is 5.89. The predicted octanol–water partition coefficient (Wildman–Crippen LogP) is 0.315. The first kappa shape index (κ1) is 8.85. The van der Waals surface area contributed by atoms with Crippen molar-refractivity contribution in [2.24, 2.45) is 0 Å². The average molecular weight is 135 g/mol. The number of aliphatic hydroxyl groups excluding tert-OH is 1. The Morgan fingerprint density at radius 1 is 1.67 bits per heavy atom. The summed E-state index contributed by atoms with van der Waals surface area (Å²) in [6.45, 7) is 4.33. The van der Waals surface area contributed by atoms with Gasteiger partial charge in [0.15, 0.2) is 0 Å². The van der Waals surface area contributed by atoms with Gasteiger partial charge >= 0.3 is 0 Å². The van der Waals surface area contributed by atoms with Crippen LogP contribution in [-0.4, -0.2) is 30.5 Å². The minimum absolute atomic E-state index is 0.244. The van der Waals surface area contributed by atoms with Gasteiger partial charge in [-0.25, -0.2) is 4.39 Å². The van der Waals surface area contributed by atoms with Gasteiger partial charge in [-0.1, -0.05) is 6.92 Å².